The zero-order chi connectivity index (χ0) is 18.6. The number of fused-ring (bicyclic) bond motifs is 1. The van der Waals surface area contributed by atoms with Crippen molar-refractivity contribution in [2.24, 2.45) is 3.91 Å². The average molecular weight is 416 g/mol. The number of carbonyl (C=O) groups excluding carboxylic acids is 1. The molecule has 1 aromatic heterocycles. The van der Waals surface area contributed by atoms with Gasteiger partial charge >= 0.3 is 147 Å². The number of furan rings is 1. The fraction of sp³-hybridized carbons (Fsp3) is 0. The zero-order valence-electron chi connectivity index (χ0n) is 14.4. The van der Waals surface area contributed by atoms with Gasteiger partial charge in [0.1, 0.15) is 0 Å². The van der Waals surface area contributed by atoms with E-state index in [4.69, 9.17) is 4.42 Å². The van der Waals surface area contributed by atoms with E-state index in [-0.39, 0.29) is 5.91 Å². The molecule has 1 unspecified atom stereocenters. The van der Waals surface area contributed by atoms with Gasteiger partial charge in [-0.2, -0.15) is 0 Å². The van der Waals surface area contributed by atoms with Gasteiger partial charge in [-0.3, -0.25) is 0 Å². The molecule has 0 aliphatic rings. The first kappa shape index (κ1) is 17.3. The first-order valence-electron chi connectivity index (χ1n) is 8.44. The minimum atomic E-state index is -0.144. The molecule has 0 aliphatic carbocycles. The maximum absolute atomic E-state index is 12.8. The molecule has 4 rings (SSSR count). The van der Waals surface area contributed by atoms with Crippen LogP contribution in [0, 0.1) is 0 Å². The Balaban J connectivity index is 1.83. The molecule has 0 saturated carbocycles. The summed E-state index contributed by atoms with van der Waals surface area (Å²) < 4.78 is 9.42. The molecule has 0 saturated heterocycles. The average Bonchev–Trinajstić information content (AvgIpc) is 3.23. The standard InChI is InChI=1S/C22H17AsN2O2/c23-24-13-15-6-7-16-11-18(22(26)25-19-4-2-1-3-5-19)12-21(20(16)10-15)17-8-9-27-14-17/h1-14H,23H2,(H,25,26). The third-order valence-corrected chi connectivity index (χ3v) is 4.64. The second kappa shape index (κ2) is 7.65. The van der Waals surface area contributed by atoms with E-state index in [1.54, 1.807) is 12.5 Å². The van der Waals surface area contributed by atoms with Crippen molar-refractivity contribution in [1.29, 1.82) is 0 Å². The van der Waals surface area contributed by atoms with E-state index in [0.29, 0.717) is 5.56 Å². The van der Waals surface area contributed by atoms with Crippen LogP contribution in [0.25, 0.3) is 21.9 Å². The number of hydrogen-bond donors (Lipinski definition) is 1. The quantitative estimate of drug-likeness (QED) is 0.398. The van der Waals surface area contributed by atoms with Crippen LogP contribution >= 0.6 is 0 Å². The van der Waals surface area contributed by atoms with Crippen LogP contribution in [-0.4, -0.2) is 29.2 Å². The molecule has 0 bridgehead atoms. The van der Waals surface area contributed by atoms with Gasteiger partial charge in [-0.1, -0.05) is 18.2 Å². The fourth-order valence-corrected chi connectivity index (χ4v) is 3.42. The van der Waals surface area contributed by atoms with E-state index in [9.17, 15) is 4.79 Å². The van der Waals surface area contributed by atoms with Crippen LogP contribution < -0.4 is 5.32 Å². The van der Waals surface area contributed by atoms with E-state index >= 15 is 0 Å². The third-order valence-electron chi connectivity index (χ3n) is 4.33. The summed E-state index contributed by atoms with van der Waals surface area (Å²) in [5.74, 6) is -0.144. The Hall–Kier alpha value is -3.10. The van der Waals surface area contributed by atoms with E-state index in [0.717, 1.165) is 33.2 Å². The van der Waals surface area contributed by atoms with Gasteiger partial charge in [0.05, 0.1) is 0 Å². The number of hydrogen-bond acceptors (Lipinski definition) is 3. The Morgan fingerprint density at radius 3 is 2.63 bits per heavy atom. The molecule has 1 heterocycles. The van der Waals surface area contributed by atoms with Crippen molar-refractivity contribution in [2.45, 2.75) is 0 Å². The molecule has 5 heteroatoms. The van der Waals surface area contributed by atoms with Gasteiger partial charge in [-0.15, -0.1) is 0 Å². The predicted molar refractivity (Wildman–Crippen MR) is 112 cm³/mol. The molecule has 1 amide bonds. The van der Waals surface area contributed by atoms with Crippen LogP contribution in [0.3, 0.4) is 0 Å². The minimum absolute atomic E-state index is 0.144. The number of rotatable bonds is 4. The molecular weight excluding hydrogens is 399 g/mol. The van der Waals surface area contributed by atoms with Gasteiger partial charge in [-0.25, -0.2) is 0 Å². The Morgan fingerprint density at radius 1 is 1.04 bits per heavy atom. The predicted octanol–water partition coefficient (Wildman–Crippen LogP) is 4.32. The number of benzene rings is 3. The SMILES string of the molecule is O=C(Nc1ccccc1)c1cc(-c2ccoc2)c2cc(C=N[AsH2])ccc2c1. The first-order valence-corrected chi connectivity index (χ1v) is 9.53. The Bertz CT molecular complexity index is 1120. The second-order valence-corrected chi connectivity index (χ2v) is 6.74. The van der Waals surface area contributed by atoms with Gasteiger partial charge < -0.3 is 0 Å². The van der Waals surface area contributed by atoms with Gasteiger partial charge in [0.15, 0.2) is 0 Å². The monoisotopic (exact) mass is 416 g/mol. The summed E-state index contributed by atoms with van der Waals surface area (Å²) >= 11 is 1.31. The Labute approximate surface area is 165 Å². The van der Waals surface area contributed by atoms with Gasteiger partial charge in [0.2, 0.25) is 0 Å². The van der Waals surface area contributed by atoms with E-state index in [1.807, 2.05) is 66.9 Å². The summed E-state index contributed by atoms with van der Waals surface area (Å²) in [6, 6.07) is 21.3. The van der Waals surface area contributed by atoms with E-state index in [2.05, 4.69) is 15.3 Å². The second-order valence-electron chi connectivity index (χ2n) is 6.11. The molecule has 4 aromatic rings. The molecule has 1 atom stereocenters. The van der Waals surface area contributed by atoms with E-state index in [1.165, 1.54) is 17.1 Å². The van der Waals surface area contributed by atoms with Crippen LogP contribution in [0.15, 0.2) is 87.6 Å². The number of amides is 1. The summed E-state index contributed by atoms with van der Waals surface area (Å²) in [4.78, 5) is 12.8. The van der Waals surface area contributed by atoms with Crippen molar-refractivity contribution in [3.05, 3.63) is 90.4 Å². The van der Waals surface area contributed by atoms with Crippen molar-refractivity contribution in [1.82, 2.24) is 0 Å². The molecule has 1 N–H and O–H groups in total. The van der Waals surface area contributed by atoms with Gasteiger partial charge in [0.25, 0.3) is 0 Å². The Kier molecular flexibility index (Phi) is 4.90. The molecule has 0 radical (unpaired) electrons. The maximum atomic E-state index is 12.8. The van der Waals surface area contributed by atoms with Crippen molar-refractivity contribution in [3.8, 4) is 11.1 Å². The summed E-state index contributed by atoms with van der Waals surface area (Å²) in [6.07, 6.45) is 5.17. The number of nitrogens with zero attached hydrogens (tertiary/aromatic N) is 1. The first-order chi connectivity index (χ1) is 13.2. The number of carbonyl (C=O) groups is 1. The van der Waals surface area contributed by atoms with Crippen LogP contribution in [0.1, 0.15) is 15.9 Å². The molecular formula is C22H17AsN2O2. The summed E-state index contributed by atoms with van der Waals surface area (Å²) in [5.41, 5.74) is 4.28. The number of anilines is 1. The molecule has 0 fully saturated rings. The number of para-hydroxylation sites is 1. The van der Waals surface area contributed by atoms with Crippen LogP contribution in [0.5, 0.6) is 0 Å². The molecule has 0 spiro atoms. The summed E-state index contributed by atoms with van der Waals surface area (Å²) in [5, 5.41) is 4.99. The fourth-order valence-electron chi connectivity index (χ4n) is 3.05. The topological polar surface area (TPSA) is 54.6 Å². The van der Waals surface area contributed by atoms with Crippen LogP contribution in [0.4, 0.5) is 5.69 Å². The van der Waals surface area contributed by atoms with Crippen molar-refractivity contribution in [2.75, 3.05) is 5.32 Å². The zero-order valence-corrected chi connectivity index (χ0v) is 16.8. The molecule has 3 aromatic carbocycles. The van der Waals surface area contributed by atoms with Crippen molar-refractivity contribution < 1.29 is 9.21 Å². The van der Waals surface area contributed by atoms with E-state index < -0.39 is 0 Å². The van der Waals surface area contributed by atoms with Crippen LogP contribution in [-0.2, 0) is 0 Å². The molecule has 0 aliphatic heterocycles. The van der Waals surface area contributed by atoms with Crippen molar-refractivity contribution >= 4 is 45.7 Å². The van der Waals surface area contributed by atoms with Gasteiger partial charge in [-0.05, 0) is 0 Å². The third kappa shape index (κ3) is 3.71. The molecule has 27 heavy (non-hydrogen) atoms. The molecule has 4 nitrogen and oxygen atoms in total. The number of nitrogens with one attached hydrogen (secondary N) is 1. The van der Waals surface area contributed by atoms with Crippen LogP contribution in [0.2, 0.25) is 0 Å². The molecule has 132 valence electrons. The van der Waals surface area contributed by atoms with Crippen molar-refractivity contribution in [3.63, 3.8) is 0 Å². The summed E-state index contributed by atoms with van der Waals surface area (Å²) in [6.45, 7) is 0. The Morgan fingerprint density at radius 2 is 1.89 bits per heavy atom. The summed E-state index contributed by atoms with van der Waals surface area (Å²) in [7, 11) is 0. The normalized spacial score (nSPS) is 11.1. The van der Waals surface area contributed by atoms with Gasteiger partial charge in [0, 0.05) is 0 Å².